The molecule has 1 unspecified atom stereocenters. The number of carbonyl (C=O) groups is 1. The Hall–Kier alpha value is -0.580. The van der Waals surface area contributed by atoms with Gasteiger partial charge in [0.1, 0.15) is 0 Å². The van der Waals surface area contributed by atoms with Gasteiger partial charge in [0.25, 0.3) is 5.91 Å². The molecule has 2 N–H and O–H groups in total. The maximum Gasteiger partial charge on any atom is 0.253 e. The molecule has 0 aromatic heterocycles. The summed E-state index contributed by atoms with van der Waals surface area (Å²) in [6.45, 7) is 2.31. The lowest BCUT2D eigenvalue weighted by molar-refractivity contribution is 0.0678. The minimum atomic E-state index is 0. The summed E-state index contributed by atoms with van der Waals surface area (Å²) in [6, 6.07) is 7.55. The molecule has 0 saturated carbocycles. The van der Waals surface area contributed by atoms with E-state index in [4.69, 9.17) is 5.73 Å². The van der Waals surface area contributed by atoms with Gasteiger partial charge in [0, 0.05) is 23.1 Å². The van der Waals surface area contributed by atoms with E-state index in [1.807, 2.05) is 29.2 Å². The number of nitrogens with two attached hydrogens (primary N) is 1. The lowest BCUT2D eigenvalue weighted by atomic mass is 9.97. The van der Waals surface area contributed by atoms with Crippen LogP contribution in [0.3, 0.4) is 0 Å². The highest BCUT2D eigenvalue weighted by atomic mass is 79.9. The number of amides is 1. The van der Waals surface area contributed by atoms with E-state index in [9.17, 15) is 4.79 Å². The Bertz CT molecular complexity index is 414. The van der Waals surface area contributed by atoms with Gasteiger partial charge in [-0.15, -0.1) is 12.4 Å². The van der Waals surface area contributed by atoms with Crippen molar-refractivity contribution in [1.82, 2.24) is 4.90 Å². The highest BCUT2D eigenvalue weighted by Crippen LogP contribution is 2.19. The number of benzene rings is 1. The van der Waals surface area contributed by atoms with Gasteiger partial charge in [-0.2, -0.15) is 0 Å². The number of halogens is 2. The standard InChI is InChI=1S/C13H17BrN2O.ClH/c14-12-5-1-4-11(7-12)13(17)16-6-2-3-10(8-15)9-16;/h1,4-5,7,10H,2-3,6,8-9,15H2;1H. The van der Waals surface area contributed by atoms with Crippen LogP contribution in [0, 0.1) is 5.92 Å². The third-order valence-corrected chi connectivity index (χ3v) is 3.70. The summed E-state index contributed by atoms with van der Waals surface area (Å²) in [7, 11) is 0. The average molecular weight is 334 g/mol. The van der Waals surface area contributed by atoms with E-state index in [0.717, 1.165) is 36.0 Å². The molecule has 1 saturated heterocycles. The van der Waals surface area contributed by atoms with Gasteiger partial charge in [-0.3, -0.25) is 4.79 Å². The van der Waals surface area contributed by atoms with Crippen molar-refractivity contribution >= 4 is 34.2 Å². The Morgan fingerprint density at radius 1 is 1.50 bits per heavy atom. The lowest BCUT2D eigenvalue weighted by Gasteiger charge is -2.32. The molecule has 1 aliphatic rings. The summed E-state index contributed by atoms with van der Waals surface area (Å²) >= 11 is 3.39. The quantitative estimate of drug-likeness (QED) is 0.904. The first kappa shape index (κ1) is 15.5. The number of nitrogens with zero attached hydrogens (tertiary/aromatic N) is 1. The van der Waals surface area contributed by atoms with Gasteiger partial charge in [-0.1, -0.05) is 22.0 Å². The second kappa shape index (κ2) is 7.12. The number of rotatable bonds is 2. The molecule has 1 amide bonds. The first-order valence-electron chi connectivity index (χ1n) is 5.95. The average Bonchev–Trinajstić information content (AvgIpc) is 2.38. The fourth-order valence-corrected chi connectivity index (χ4v) is 2.65. The molecule has 100 valence electrons. The van der Waals surface area contributed by atoms with Crippen LogP contribution in [0.2, 0.25) is 0 Å². The van der Waals surface area contributed by atoms with Crippen molar-refractivity contribution in [1.29, 1.82) is 0 Å². The van der Waals surface area contributed by atoms with Gasteiger partial charge in [0.15, 0.2) is 0 Å². The Balaban J connectivity index is 0.00000162. The minimum absolute atomic E-state index is 0. The molecule has 0 spiro atoms. The molecule has 1 fully saturated rings. The van der Waals surface area contributed by atoms with Gasteiger partial charge in [-0.25, -0.2) is 0 Å². The van der Waals surface area contributed by atoms with Gasteiger partial charge >= 0.3 is 0 Å². The van der Waals surface area contributed by atoms with E-state index < -0.39 is 0 Å². The molecule has 0 bridgehead atoms. The number of hydrogen-bond acceptors (Lipinski definition) is 2. The molecule has 3 nitrogen and oxygen atoms in total. The molecule has 2 rings (SSSR count). The second-order valence-corrected chi connectivity index (χ2v) is 5.42. The monoisotopic (exact) mass is 332 g/mol. The molecule has 18 heavy (non-hydrogen) atoms. The first-order valence-corrected chi connectivity index (χ1v) is 6.75. The van der Waals surface area contributed by atoms with Crippen molar-refractivity contribution < 1.29 is 4.79 Å². The zero-order valence-corrected chi connectivity index (χ0v) is 12.5. The summed E-state index contributed by atoms with van der Waals surface area (Å²) < 4.78 is 0.940. The highest BCUT2D eigenvalue weighted by Gasteiger charge is 2.23. The Kier molecular flexibility index (Phi) is 6.12. The van der Waals surface area contributed by atoms with E-state index in [0.29, 0.717) is 12.5 Å². The predicted molar refractivity (Wildman–Crippen MR) is 79.1 cm³/mol. The summed E-state index contributed by atoms with van der Waals surface area (Å²) in [5.41, 5.74) is 6.43. The zero-order valence-electron chi connectivity index (χ0n) is 10.1. The number of carbonyl (C=O) groups excluding carboxylic acids is 1. The smallest absolute Gasteiger partial charge is 0.253 e. The minimum Gasteiger partial charge on any atom is -0.338 e. The van der Waals surface area contributed by atoms with Crippen LogP contribution >= 0.6 is 28.3 Å². The van der Waals surface area contributed by atoms with E-state index in [1.54, 1.807) is 0 Å². The normalized spacial score (nSPS) is 19.2. The SMILES string of the molecule is Cl.NCC1CCCN(C(=O)c2cccc(Br)c2)C1. The van der Waals surface area contributed by atoms with Crippen molar-refractivity contribution in [2.75, 3.05) is 19.6 Å². The second-order valence-electron chi connectivity index (χ2n) is 4.51. The molecule has 1 aliphatic heterocycles. The molecule has 1 aromatic carbocycles. The first-order chi connectivity index (χ1) is 8.20. The van der Waals surface area contributed by atoms with E-state index in [-0.39, 0.29) is 18.3 Å². The third kappa shape index (κ3) is 3.70. The molecule has 1 heterocycles. The maximum atomic E-state index is 12.3. The highest BCUT2D eigenvalue weighted by molar-refractivity contribution is 9.10. The molecule has 0 radical (unpaired) electrons. The van der Waals surface area contributed by atoms with Crippen LogP contribution in [0.1, 0.15) is 23.2 Å². The Labute approximate surface area is 122 Å². The third-order valence-electron chi connectivity index (χ3n) is 3.21. The van der Waals surface area contributed by atoms with Crippen LogP contribution in [0.4, 0.5) is 0 Å². The summed E-state index contributed by atoms with van der Waals surface area (Å²) in [5, 5.41) is 0. The molecule has 0 aliphatic carbocycles. The maximum absolute atomic E-state index is 12.3. The van der Waals surface area contributed by atoms with Crippen LogP contribution in [-0.2, 0) is 0 Å². The van der Waals surface area contributed by atoms with Crippen LogP contribution < -0.4 is 5.73 Å². The van der Waals surface area contributed by atoms with Crippen molar-refractivity contribution in [3.8, 4) is 0 Å². The molecular formula is C13H18BrClN2O. The van der Waals surface area contributed by atoms with Crippen molar-refractivity contribution in [3.63, 3.8) is 0 Å². The molecular weight excluding hydrogens is 316 g/mol. The Morgan fingerprint density at radius 2 is 2.28 bits per heavy atom. The van der Waals surface area contributed by atoms with E-state index in [1.165, 1.54) is 0 Å². The fraction of sp³-hybridized carbons (Fsp3) is 0.462. The largest absolute Gasteiger partial charge is 0.338 e. The van der Waals surface area contributed by atoms with Gasteiger partial charge in [-0.05, 0) is 43.5 Å². The number of likely N-dealkylation sites (tertiary alicyclic amines) is 1. The van der Waals surface area contributed by atoms with Crippen LogP contribution in [-0.4, -0.2) is 30.4 Å². The van der Waals surface area contributed by atoms with Gasteiger partial charge in [0.05, 0.1) is 0 Å². The fourth-order valence-electron chi connectivity index (χ4n) is 2.25. The van der Waals surface area contributed by atoms with Crippen molar-refractivity contribution in [3.05, 3.63) is 34.3 Å². The van der Waals surface area contributed by atoms with Crippen molar-refractivity contribution in [2.45, 2.75) is 12.8 Å². The topological polar surface area (TPSA) is 46.3 Å². The summed E-state index contributed by atoms with van der Waals surface area (Å²) in [4.78, 5) is 14.2. The van der Waals surface area contributed by atoms with Crippen LogP contribution in [0.15, 0.2) is 28.7 Å². The zero-order chi connectivity index (χ0) is 12.3. The molecule has 1 atom stereocenters. The number of hydrogen-bond donors (Lipinski definition) is 1. The van der Waals surface area contributed by atoms with E-state index in [2.05, 4.69) is 15.9 Å². The molecule has 5 heteroatoms. The molecule has 1 aromatic rings. The van der Waals surface area contributed by atoms with Gasteiger partial charge in [0.2, 0.25) is 0 Å². The Morgan fingerprint density at radius 3 is 2.94 bits per heavy atom. The lowest BCUT2D eigenvalue weighted by Crippen LogP contribution is -2.42. The van der Waals surface area contributed by atoms with Crippen LogP contribution in [0.25, 0.3) is 0 Å². The van der Waals surface area contributed by atoms with Crippen LogP contribution in [0.5, 0.6) is 0 Å². The van der Waals surface area contributed by atoms with Gasteiger partial charge < -0.3 is 10.6 Å². The summed E-state index contributed by atoms with van der Waals surface area (Å²) in [5.74, 6) is 0.573. The van der Waals surface area contributed by atoms with Crippen molar-refractivity contribution in [2.24, 2.45) is 11.7 Å². The number of piperidine rings is 1. The predicted octanol–water partition coefficient (Wildman–Crippen LogP) is 2.68. The summed E-state index contributed by atoms with van der Waals surface area (Å²) in [6.07, 6.45) is 2.19. The van der Waals surface area contributed by atoms with E-state index >= 15 is 0 Å².